The van der Waals surface area contributed by atoms with Crippen LogP contribution in [0.4, 0.5) is 4.79 Å². The van der Waals surface area contributed by atoms with E-state index < -0.39 is 18.2 Å². The average Bonchev–Trinajstić information content (AvgIpc) is 2.46. The summed E-state index contributed by atoms with van der Waals surface area (Å²) in [5, 5.41) is 26.2. The van der Waals surface area contributed by atoms with E-state index in [0.29, 0.717) is 0 Å². The third-order valence-electron chi connectivity index (χ3n) is 1.87. The zero-order chi connectivity index (χ0) is 9.14. The van der Waals surface area contributed by atoms with E-state index in [1.165, 1.54) is 0 Å². The van der Waals surface area contributed by atoms with E-state index in [9.17, 15) is 4.79 Å². The van der Waals surface area contributed by atoms with Gasteiger partial charge < -0.3 is 15.3 Å². The molecule has 0 aromatic carbocycles. The van der Waals surface area contributed by atoms with E-state index in [1.807, 2.05) is 0 Å². The van der Waals surface area contributed by atoms with Crippen molar-refractivity contribution in [2.45, 2.75) is 12.1 Å². The summed E-state index contributed by atoms with van der Waals surface area (Å²) in [6, 6.07) is -1.03. The molecule has 68 valence electrons. The number of hydrogen-bond acceptors (Lipinski definition) is 3. The number of hydrogen-bond donors (Lipinski definition) is 3. The Labute approximate surface area is 69.5 Å². The highest BCUT2D eigenvalue weighted by Gasteiger charge is 2.31. The van der Waals surface area contributed by atoms with Crippen LogP contribution in [0.1, 0.15) is 0 Å². The van der Waals surface area contributed by atoms with Crippen molar-refractivity contribution in [1.82, 2.24) is 4.90 Å². The van der Waals surface area contributed by atoms with Gasteiger partial charge in [0, 0.05) is 0 Å². The molecule has 2 atom stereocenters. The normalized spacial score (nSPS) is 28.0. The highest BCUT2D eigenvalue weighted by atomic mass is 16.4. The lowest BCUT2D eigenvalue weighted by Crippen LogP contribution is -2.44. The Bertz CT molecular complexity index is 190. The van der Waals surface area contributed by atoms with Crippen molar-refractivity contribution in [2.75, 3.05) is 13.2 Å². The Morgan fingerprint density at radius 2 is 1.67 bits per heavy atom. The summed E-state index contributed by atoms with van der Waals surface area (Å²) < 4.78 is 0. The lowest BCUT2D eigenvalue weighted by Gasteiger charge is -2.25. The largest absolute Gasteiger partial charge is 0.465 e. The van der Waals surface area contributed by atoms with Gasteiger partial charge in [-0.05, 0) is 0 Å². The first-order valence-electron chi connectivity index (χ1n) is 3.62. The van der Waals surface area contributed by atoms with Crippen LogP contribution in [0.15, 0.2) is 12.2 Å². The van der Waals surface area contributed by atoms with Gasteiger partial charge in [-0.15, -0.1) is 0 Å². The van der Waals surface area contributed by atoms with Crippen LogP contribution in [0.25, 0.3) is 0 Å². The predicted octanol–water partition coefficient (Wildman–Crippen LogP) is -0.742. The highest BCUT2D eigenvalue weighted by Crippen LogP contribution is 2.15. The van der Waals surface area contributed by atoms with Crippen LogP contribution in [-0.2, 0) is 0 Å². The third kappa shape index (κ3) is 1.41. The van der Waals surface area contributed by atoms with Gasteiger partial charge in [-0.25, -0.2) is 4.79 Å². The summed E-state index contributed by atoms with van der Waals surface area (Å²) in [4.78, 5) is 11.6. The monoisotopic (exact) mass is 173 g/mol. The summed E-state index contributed by atoms with van der Waals surface area (Å²) in [7, 11) is 0. The van der Waals surface area contributed by atoms with Crippen molar-refractivity contribution in [3.05, 3.63) is 12.2 Å². The van der Waals surface area contributed by atoms with Gasteiger partial charge in [-0.1, -0.05) is 12.2 Å². The van der Waals surface area contributed by atoms with Gasteiger partial charge in [0.15, 0.2) is 0 Å². The molecule has 12 heavy (non-hydrogen) atoms. The molecular formula is C7H11NO4. The minimum Gasteiger partial charge on any atom is -0.465 e. The van der Waals surface area contributed by atoms with Gasteiger partial charge >= 0.3 is 6.09 Å². The number of carboxylic acid groups (broad SMARTS) is 1. The fourth-order valence-electron chi connectivity index (χ4n) is 1.27. The van der Waals surface area contributed by atoms with Crippen molar-refractivity contribution in [3.63, 3.8) is 0 Å². The molecule has 2 unspecified atom stereocenters. The Morgan fingerprint density at radius 1 is 1.25 bits per heavy atom. The Morgan fingerprint density at radius 3 is 1.92 bits per heavy atom. The molecule has 1 amide bonds. The summed E-state index contributed by atoms with van der Waals surface area (Å²) in [6.45, 7) is -0.501. The fraction of sp³-hybridized carbons (Fsp3) is 0.571. The first kappa shape index (κ1) is 9.02. The molecule has 0 fully saturated rings. The van der Waals surface area contributed by atoms with Crippen LogP contribution in [0, 0.1) is 0 Å². The maximum atomic E-state index is 10.6. The van der Waals surface area contributed by atoms with Gasteiger partial charge in [0.2, 0.25) is 0 Å². The number of amides is 1. The lowest BCUT2D eigenvalue weighted by molar-refractivity contribution is 0.0890. The average molecular weight is 173 g/mol. The van der Waals surface area contributed by atoms with Gasteiger partial charge in [0.25, 0.3) is 0 Å². The third-order valence-corrected chi connectivity index (χ3v) is 1.87. The molecule has 3 N–H and O–H groups in total. The second-order valence-corrected chi connectivity index (χ2v) is 2.57. The van der Waals surface area contributed by atoms with Crippen LogP contribution < -0.4 is 0 Å². The molecule has 0 saturated carbocycles. The quantitative estimate of drug-likeness (QED) is 0.480. The lowest BCUT2D eigenvalue weighted by atomic mass is 10.3. The van der Waals surface area contributed by atoms with Gasteiger partial charge in [-0.3, -0.25) is 4.90 Å². The minimum absolute atomic E-state index is 0.251. The second kappa shape index (κ2) is 3.55. The van der Waals surface area contributed by atoms with E-state index in [-0.39, 0.29) is 13.2 Å². The maximum Gasteiger partial charge on any atom is 0.408 e. The molecule has 0 spiro atoms. The SMILES string of the molecule is O=C(O)N1C(CO)C=CC1CO. The first-order chi connectivity index (χ1) is 5.70. The molecule has 0 bridgehead atoms. The Balaban J connectivity index is 2.71. The van der Waals surface area contributed by atoms with E-state index in [1.54, 1.807) is 12.2 Å². The van der Waals surface area contributed by atoms with Crippen LogP contribution >= 0.6 is 0 Å². The molecule has 0 aliphatic carbocycles. The summed E-state index contributed by atoms with van der Waals surface area (Å²) >= 11 is 0. The topological polar surface area (TPSA) is 81.0 Å². The second-order valence-electron chi connectivity index (χ2n) is 2.57. The molecule has 0 aromatic heterocycles. The molecule has 5 nitrogen and oxygen atoms in total. The van der Waals surface area contributed by atoms with Gasteiger partial charge in [0.05, 0.1) is 25.3 Å². The number of aliphatic hydroxyl groups excluding tert-OH is 2. The van der Waals surface area contributed by atoms with E-state index >= 15 is 0 Å². The maximum absolute atomic E-state index is 10.6. The predicted molar refractivity (Wildman–Crippen MR) is 40.8 cm³/mol. The standard InChI is InChI=1S/C7H11NO4/c9-3-5-1-2-6(4-10)8(5)7(11)12/h1-2,5-6,9-10H,3-4H2,(H,11,12). The number of nitrogens with zero attached hydrogens (tertiary/aromatic N) is 1. The van der Waals surface area contributed by atoms with Crippen LogP contribution in [0.3, 0.4) is 0 Å². The number of rotatable bonds is 2. The molecule has 1 aliphatic heterocycles. The van der Waals surface area contributed by atoms with Gasteiger partial charge in [0.1, 0.15) is 0 Å². The first-order valence-corrected chi connectivity index (χ1v) is 3.62. The molecule has 5 heteroatoms. The van der Waals surface area contributed by atoms with Crippen molar-refractivity contribution in [1.29, 1.82) is 0 Å². The van der Waals surface area contributed by atoms with Gasteiger partial charge in [-0.2, -0.15) is 0 Å². The minimum atomic E-state index is -1.13. The fourth-order valence-corrected chi connectivity index (χ4v) is 1.27. The van der Waals surface area contributed by atoms with Crippen molar-refractivity contribution >= 4 is 6.09 Å². The molecule has 0 saturated heterocycles. The van der Waals surface area contributed by atoms with Crippen molar-refractivity contribution in [3.8, 4) is 0 Å². The van der Waals surface area contributed by atoms with Crippen molar-refractivity contribution < 1.29 is 20.1 Å². The smallest absolute Gasteiger partial charge is 0.408 e. The summed E-state index contributed by atoms with van der Waals surface area (Å²) in [5.41, 5.74) is 0. The number of carbonyl (C=O) groups is 1. The van der Waals surface area contributed by atoms with Crippen LogP contribution in [0.5, 0.6) is 0 Å². The zero-order valence-electron chi connectivity index (χ0n) is 6.42. The molecular weight excluding hydrogens is 162 g/mol. The van der Waals surface area contributed by atoms with E-state index in [2.05, 4.69) is 0 Å². The number of aliphatic hydroxyl groups is 2. The van der Waals surface area contributed by atoms with E-state index in [4.69, 9.17) is 15.3 Å². The molecule has 0 aromatic rings. The Hall–Kier alpha value is -1.07. The summed E-state index contributed by atoms with van der Waals surface area (Å²) in [5.74, 6) is 0. The molecule has 1 heterocycles. The summed E-state index contributed by atoms with van der Waals surface area (Å²) in [6.07, 6.45) is 2.03. The van der Waals surface area contributed by atoms with Crippen LogP contribution in [-0.4, -0.2) is 51.6 Å². The molecule has 0 radical (unpaired) electrons. The van der Waals surface area contributed by atoms with E-state index in [0.717, 1.165) is 4.90 Å². The zero-order valence-corrected chi connectivity index (χ0v) is 6.42. The van der Waals surface area contributed by atoms with Crippen molar-refractivity contribution in [2.24, 2.45) is 0 Å². The van der Waals surface area contributed by atoms with Crippen LogP contribution in [0.2, 0.25) is 0 Å². The Kier molecular flexibility index (Phi) is 2.67. The molecule has 1 rings (SSSR count). The molecule has 1 aliphatic rings. The highest BCUT2D eigenvalue weighted by molar-refractivity contribution is 5.67.